The first-order chi connectivity index (χ1) is 12.6. The van der Waals surface area contributed by atoms with Gasteiger partial charge in [-0.25, -0.2) is 0 Å². The Kier molecular flexibility index (Phi) is 6.70. The van der Waals surface area contributed by atoms with Gasteiger partial charge in [0.05, 0.1) is 0 Å². The molecule has 0 bridgehead atoms. The number of hydrogen-bond donors (Lipinski definition) is 1. The molecule has 2 amide bonds. The van der Waals surface area contributed by atoms with E-state index in [9.17, 15) is 9.59 Å². The average Bonchev–Trinajstić information content (AvgIpc) is 3.50. The Balaban J connectivity index is 1.37. The lowest BCUT2D eigenvalue weighted by atomic mass is 9.89. The second-order valence-corrected chi connectivity index (χ2v) is 7.95. The predicted molar refractivity (Wildman–Crippen MR) is 104 cm³/mol. The first-order valence-corrected chi connectivity index (χ1v) is 10.3. The normalized spacial score (nSPS) is 18.0. The van der Waals surface area contributed by atoms with Gasteiger partial charge in [0.15, 0.2) is 0 Å². The molecule has 2 fully saturated rings. The maximum Gasteiger partial charge on any atom is 0.222 e. The largest absolute Gasteiger partial charge is 0.356 e. The number of likely N-dealkylation sites (tertiary alicyclic amines) is 1. The highest BCUT2D eigenvalue weighted by molar-refractivity contribution is 5.76. The van der Waals surface area contributed by atoms with E-state index in [0.29, 0.717) is 18.8 Å². The molecule has 3 rings (SSSR count). The Morgan fingerprint density at radius 3 is 2.27 bits per heavy atom. The van der Waals surface area contributed by atoms with Crippen LogP contribution in [0.4, 0.5) is 0 Å². The van der Waals surface area contributed by atoms with Crippen LogP contribution in [-0.2, 0) is 22.4 Å². The van der Waals surface area contributed by atoms with E-state index in [1.807, 2.05) is 11.8 Å². The zero-order valence-electron chi connectivity index (χ0n) is 16.0. The summed E-state index contributed by atoms with van der Waals surface area (Å²) >= 11 is 0. The number of benzene rings is 1. The number of nitrogens with one attached hydrogen (secondary N) is 1. The third-order valence-electron chi connectivity index (χ3n) is 5.74. The van der Waals surface area contributed by atoms with Crippen LogP contribution in [-0.4, -0.2) is 36.3 Å². The molecular weight excluding hydrogens is 324 g/mol. The van der Waals surface area contributed by atoms with E-state index < -0.39 is 0 Å². The summed E-state index contributed by atoms with van der Waals surface area (Å²) in [6.45, 7) is 4.62. The highest BCUT2D eigenvalue weighted by Gasteiger charge is 2.22. The molecule has 4 heteroatoms. The molecule has 0 spiro atoms. The van der Waals surface area contributed by atoms with Crippen LogP contribution in [0.3, 0.4) is 0 Å². The Labute approximate surface area is 157 Å². The lowest BCUT2D eigenvalue weighted by molar-refractivity contribution is -0.132. The summed E-state index contributed by atoms with van der Waals surface area (Å²) in [7, 11) is 0. The van der Waals surface area contributed by atoms with Crippen LogP contribution in [0.1, 0.15) is 56.6 Å². The predicted octanol–water partition coefficient (Wildman–Crippen LogP) is 3.34. The molecular formula is C22H32N2O2. The van der Waals surface area contributed by atoms with E-state index >= 15 is 0 Å². The number of aryl methyl sites for hydroxylation is 1. The molecule has 1 saturated carbocycles. The van der Waals surface area contributed by atoms with Gasteiger partial charge in [-0.2, -0.15) is 0 Å². The van der Waals surface area contributed by atoms with Gasteiger partial charge in [0, 0.05) is 32.5 Å². The second kappa shape index (κ2) is 9.20. The maximum absolute atomic E-state index is 11.8. The quantitative estimate of drug-likeness (QED) is 0.777. The van der Waals surface area contributed by atoms with Gasteiger partial charge < -0.3 is 10.2 Å². The minimum absolute atomic E-state index is 0.175. The summed E-state index contributed by atoms with van der Waals surface area (Å²) in [6.07, 6.45) is 7.86. The molecule has 1 saturated heterocycles. The molecule has 1 aromatic carbocycles. The molecule has 0 aromatic heterocycles. The average molecular weight is 357 g/mol. The molecule has 1 aliphatic carbocycles. The summed E-state index contributed by atoms with van der Waals surface area (Å²) in [5.41, 5.74) is 2.60. The van der Waals surface area contributed by atoms with Gasteiger partial charge in [-0.15, -0.1) is 0 Å². The molecule has 4 nitrogen and oxygen atoms in total. The summed E-state index contributed by atoms with van der Waals surface area (Å²) in [6, 6.07) is 8.75. The Bertz CT molecular complexity index is 599. The maximum atomic E-state index is 11.8. The Morgan fingerprint density at radius 1 is 1.00 bits per heavy atom. The van der Waals surface area contributed by atoms with Crippen LogP contribution in [0.2, 0.25) is 0 Å². The van der Waals surface area contributed by atoms with Gasteiger partial charge in [0.1, 0.15) is 0 Å². The summed E-state index contributed by atoms with van der Waals surface area (Å²) in [4.78, 5) is 25.6. The molecule has 0 unspecified atom stereocenters. The molecule has 0 atom stereocenters. The SMILES string of the molecule is CCC(=O)N1CCC(Cc2ccc(CCC(=O)NCC3CC3)cc2)CC1. The van der Waals surface area contributed by atoms with E-state index in [2.05, 4.69) is 29.6 Å². The van der Waals surface area contributed by atoms with Crippen molar-refractivity contribution < 1.29 is 9.59 Å². The lowest BCUT2D eigenvalue weighted by Gasteiger charge is -2.32. The van der Waals surface area contributed by atoms with Crippen LogP contribution in [0.25, 0.3) is 0 Å². The molecule has 26 heavy (non-hydrogen) atoms. The molecule has 1 aliphatic heterocycles. The van der Waals surface area contributed by atoms with E-state index in [-0.39, 0.29) is 11.8 Å². The molecule has 1 aromatic rings. The fourth-order valence-electron chi connectivity index (χ4n) is 3.71. The van der Waals surface area contributed by atoms with Crippen LogP contribution in [0.5, 0.6) is 0 Å². The molecule has 0 radical (unpaired) electrons. The van der Waals surface area contributed by atoms with Gasteiger partial charge in [-0.3, -0.25) is 9.59 Å². The number of rotatable bonds is 8. The highest BCUT2D eigenvalue weighted by Crippen LogP contribution is 2.27. The van der Waals surface area contributed by atoms with Crippen molar-refractivity contribution in [3.05, 3.63) is 35.4 Å². The van der Waals surface area contributed by atoms with E-state index in [0.717, 1.165) is 51.2 Å². The minimum Gasteiger partial charge on any atom is -0.356 e. The molecule has 142 valence electrons. The number of piperidine rings is 1. The Hall–Kier alpha value is -1.84. The number of carbonyl (C=O) groups is 2. The smallest absolute Gasteiger partial charge is 0.222 e. The van der Waals surface area contributed by atoms with E-state index in [1.165, 1.54) is 24.0 Å². The summed E-state index contributed by atoms with van der Waals surface area (Å²) < 4.78 is 0. The van der Waals surface area contributed by atoms with Crippen molar-refractivity contribution >= 4 is 11.8 Å². The first kappa shape index (κ1) is 18.9. The van der Waals surface area contributed by atoms with Crippen molar-refractivity contribution in [2.45, 2.75) is 58.3 Å². The fourth-order valence-corrected chi connectivity index (χ4v) is 3.71. The van der Waals surface area contributed by atoms with E-state index in [4.69, 9.17) is 0 Å². The van der Waals surface area contributed by atoms with Crippen molar-refractivity contribution in [3.8, 4) is 0 Å². The minimum atomic E-state index is 0.175. The fraction of sp³-hybridized carbons (Fsp3) is 0.636. The van der Waals surface area contributed by atoms with Crippen molar-refractivity contribution in [1.29, 1.82) is 0 Å². The summed E-state index contributed by atoms with van der Waals surface area (Å²) in [5.74, 6) is 1.88. The van der Waals surface area contributed by atoms with Crippen LogP contribution < -0.4 is 5.32 Å². The number of carbonyl (C=O) groups excluding carboxylic acids is 2. The van der Waals surface area contributed by atoms with E-state index in [1.54, 1.807) is 0 Å². The van der Waals surface area contributed by atoms with Crippen LogP contribution >= 0.6 is 0 Å². The summed E-state index contributed by atoms with van der Waals surface area (Å²) in [5, 5.41) is 3.03. The number of nitrogens with zero attached hydrogens (tertiary/aromatic N) is 1. The van der Waals surface area contributed by atoms with Crippen molar-refractivity contribution in [2.24, 2.45) is 11.8 Å². The van der Waals surface area contributed by atoms with Crippen LogP contribution in [0.15, 0.2) is 24.3 Å². The first-order valence-electron chi connectivity index (χ1n) is 10.3. The van der Waals surface area contributed by atoms with Gasteiger partial charge >= 0.3 is 0 Å². The third kappa shape index (κ3) is 5.86. The lowest BCUT2D eigenvalue weighted by Crippen LogP contribution is -2.38. The molecule has 1 N–H and O–H groups in total. The highest BCUT2D eigenvalue weighted by atomic mass is 16.2. The number of amides is 2. The number of hydrogen-bond acceptors (Lipinski definition) is 2. The Morgan fingerprint density at radius 2 is 1.65 bits per heavy atom. The van der Waals surface area contributed by atoms with Gasteiger partial charge in [0.2, 0.25) is 11.8 Å². The zero-order chi connectivity index (χ0) is 18.4. The van der Waals surface area contributed by atoms with Gasteiger partial charge in [0.25, 0.3) is 0 Å². The second-order valence-electron chi connectivity index (χ2n) is 7.95. The van der Waals surface area contributed by atoms with Gasteiger partial charge in [-0.05, 0) is 61.5 Å². The van der Waals surface area contributed by atoms with Crippen molar-refractivity contribution in [3.63, 3.8) is 0 Å². The third-order valence-corrected chi connectivity index (χ3v) is 5.74. The topological polar surface area (TPSA) is 49.4 Å². The molecule has 1 heterocycles. The monoisotopic (exact) mass is 356 g/mol. The van der Waals surface area contributed by atoms with Crippen LogP contribution in [0, 0.1) is 11.8 Å². The van der Waals surface area contributed by atoms with Crippen molar-refractivity contribution in [1.82, 2.24) is 10.2 Å². The van der Waals surface area contributed by atoms with Crippen molar-refractivity contribution in [2.75, 3.05) is 19.6 Å². The molecule has 2 aliphatic rings. The van der Waals surface area contributed by atoms with Gasteiger partial charge in [-0.1, -0.05) is 31.2 Å². The zero-order valence-corrected chi connectivity index (χ0v) is 16.0. The standard InChI is InChI=1S/C22H32N2O2/c1-2-22(26)24-13-11-19(12-14-24)15-18-5-3-17(4-6-18)9-10-21(25)23-16-20-7-8-20/h3-6,19-20H,2,7-16H2,1H3,(H,23,25).